The molecule has 176 valence electrons. The van der Waals surface area contributed by atoms with E-state index < -0.39 is 6.61 Å². The summed E-state index contributed by atoms with van der Waals surface area (Å²) >= 11 is 0. The predicted molar refractivity (Wildman–Crippen MR) is 113 cm³/mol. The fraction of sp³-hybridized carbons (Fsp3) is 0.429. The molecule has 2 amide bonds. The number of para-hydroxylation sites is 2. The van der Waals surface area contributed by atoms with E-state index in [-0.39, 0.29) is 17.5 Å². The quantitative estimate of drug-likeness (QED) is 0.591. The average molecular weight is 462 g/mol. The minimum absolute atomic E-state index is 0.0801. The Bertz CT molecular complexity index is 1080. The van der Waals surface area contributed by atoms with E-state index in [1.165, 1.54) is 12.1 Å². The van der Waals surface area contributed by atoms with Gasteiger partial charge >= 0.3 is 12.6 Å². The number of carbonyl (C=O) groups excluding carboxylic acids is 1. The molecule has 1 aromatic carbocycles. The first-order valence-electron chi connectivity index (χ1n) is 10.5. The lowest BCUT2D eigenvalue weighted by atomic mass is 10.2. The van der Waals surface area contributed by atoms with Crippen molar-refractivity contribution in [1.29, 1.82) is 0 Å². The first-order valence-corrected chi connectivity index (χ1v) is 10.5. The van der Waals surface area contributed by atoms with E-state index in [4.69, 9.17) is 9.05 Å². The standard InChI is InChI=1S/C21H24F2N6O4/c1-13-18(14(2)32-26-13)19-25-17(27-33-19)12-28-8-5-9-29(11-10-28)21(30)24-15-6-3-4-7-16(15)31-20(22)23/h3-4,6-7,20H,5,8-12H2,1-2H3,(H,24,30). The monoisotopic (exact) mass is 462 g/mol. The van der Waals surface area contributed by atoms with Crippen LogP contribution in [0.4, 0.5) is 19.3 Å². The third-order valence-electron chi connectivity index (χ3n) is 5.30. The summed E-state index contributed by atoms with van der Waals surface area (Å²) in [5.41, 5.74) is 1.57. The van der Waals surface area contributed by atoms with Crippen LogP contribution in [0.25, 0.3) is 11.5 Å². The van der Waals surface area contributed by atoms with Gasteiger partial charge in [-0.05, 0) is 32.4 Å². The van der Waals surface area contributed by atoms with Crippen molar-refractivity contribution < 1.29 is 27.4 Å². The van der Waals surface area contributed by atoms with E-state index in [0.717, 1.165) is 13.0 Å². The number of benzene rings is 1. The smallest absolute Gasteiger partial charge is 0.387 e. The van der Waals surface area contributed by atoms with Crippen LogP contribution in [0.2, 0.25) is 0 Å². The maximum atomic E-state index is 12.7. The molecule has 33 heavy (non-hydrogen) atoms. The Kier molecular flexibility index (Phi) is 6.82. The Balaban J connectivity index is 1.34. The van der Waals surface area contributed by atoms with Crippen LogP contribution < -0.4 is 10.1 Å². The number of halogens is 2. The summed E-state index contributed by atoms with van der Waals surface area (Å²) in [6, 6.07) is 5.73. The van der Waals surface area contributed by atoms with Crippen molar-refractivity contribution in [3.8, 4) is 17.2 Å². The molecule has 3 aromatic rings. The molecule has 0 saturated carbocycles. The number of carbonyl (C=O) groups is 1. The zero-order chi connectivity index (χ0) is 23.4. The van der Waals surface area contributed by atoms with Crippen molar-refractivity contribution in [2.45, 2.75) is 33.4 Å². The van der Waals surface area contributed by atoms with Gasteiger partial charge in [0.2, 0.25) is 0 Å². The van der Waals surface area contributed by atoms with Gasteiger partial charge in [-0.2, -0.15) is 13.8 Å². The minimum atomic E-state index is -2.97. The molecule has 0 radical (unpaired) electrons. The van der Waals surface area contributed by atoms with Crippen molar-refractivity contribution in [2.75, 3.05) is 31.5 Å². The normalized spacial score (nSPS) is 15.0. The third kappa shape index (κ3) is 5.45. The molecular formula is C21H24F2N6O4. The van der Waals surface area contributed by atoms with Crippen LogP contribution in [0.1, 0.15) is 23.7 Å². The molecule has 0 unspecified atom stereocenters. The van der Waals surface area contributed by atoms with E-state index in [1.807, 2.05) is 6.92 Å². The molecule has 4 rings (SSSR count). The maximum Gasteiger partial charge on any atom is 0.387 e. The lowest BCUT2D eigenvalue weighted by Crippen LogP contribution is -2.38. The van der Waals surface area contributed by atoms with Gasteiger partial charge < -0.3 is 24.0 Å². The van der Waals surface area contributed by atoms with Crippen LogP contribution >= 0.6 is 0 Å². The number of aryl methyl sites for hydroxylation is 2. The van der Waals surface area contributed by atoms with Crippen molar-refractivity contribution >= 4 is 11.7 Å². The van der Waals surface area contributed by atoms with Crippen LogP contribution in [0.5, 0.6) is 5.75 Å². The number of nitrogens with zero attached hydrogens (tertiary/aromatic N) is 5. The Labute approximate surface area is 188 Å². The molecule has 1 saturated heterocycles. The lowest BCUT2D eigenvalue weighted by molar-refractivity contribution is -0.0493. The molecule has 1 aliphatic rings. The first kappa shape index (κ1) is 22.6. The maximum absolute atomic E-state index is 12.7. The minimum Gasteiger partial charge on any atom is -0.433 e. The summed E-state index contributed by atoms with van der Waals surface area (Å²) in [4.78, 5) is 20.9. The van der Waals surface area contributed by atoms with Gasteiger partial charge in [-0.1, -0.05) is 22.4 Å². The zero-order valence-corrected chi connectivity index (χ0v) is 18.3. The van der Waals surface area contributed by atoms with E-state index in [9.17, 15) is 13.6 Å². The SMILES string of the molecule is Cc1noc(C)c1-c1nc(CN2CCCN(C(=O)Nc3ccccc3OC(F)F)CC2)no1. The van der Waals surface area contributed by atoms with Gasteiger partial charge in [-0.15, -0.1) is 0 Å². The molecule has 3 heterocycles. The van der Waals surface area contributed by atoms with Crippen molar-refractivity contribution in [3.63, 3.8) is 0 Å². The molecule has 0 bridgehead atoms. The van der Waals surface area contributed by atoms with Gasteiger partial charge in [0.1, 0.15) is 17.1 Å². The summed E-state index contributed by atoms with van der Waals surface area (Å²) < 4.78 is 40.2. The molecule has 0 spiro atoms. The fourth-order valence-electron chi connectivity index (χ4n) is 3.70. The summed E-state index contributed by atoms with van der Waals surface area (Å²) in [6.07, 6.45) is 0.733. The molecule has 1 fully saturated rings. The number of hydrogen-bond acceptors (Lipinski definition) is 8. The average Bonchev–Trinajstić information content (AvgIpc) is 3.27. The molecule has 12 heteroatoms. The molecule has 0 atom stereocenters. The number of nitrogens with one attached hydrogen (secondary N) is 1. The van der Waals surface area contributed by atoms with E-state index >= 15 is 0 Å². The van der Waals surface area contributed by atoms with Gasteiger partial charge in [0, 0.05) is 26.2 Å². The van der Waals surface area contributed by atoms with Crippen molar-refractivity contribution in [2.24, 2.45) is 0 Å². The zero-order valence-electron chi connectivity index (χ0n) is 18.3. The highest BCUT2D eigenvalue weighted by Gasteiger charge is 2.23. The number of anilines is 1. The largest absolute Gasteiger partial charge is 0.433 e. The second-order valence-corrected chi connectivity index (χ2v) is 7.64. The predicted octanol–water partition coefficient (Wildman–Crippen LogP) is 3.68. The third-order valence-corrected chi connectivity index (χ3v) is 5.30. The summed E-state index contributed by atoms with van der Waals surface area (Å²) in [7, 11) is 0. The Morgan fingerprint density at radius 3 is 2.73 bits per heavy atom. The van der Waals surface area contributed by atoms with Crippen molar-refractivity contribution in [3.05, 3.63) is 41.5 Å². The Morgan fingerprint density at radius 1 is 1.15 bits per heavy atom. The highest BCUT2D eigenvalue weighted by atomic mass is 19.3. The Morgan fingerprint density at radius 2 is 1.97 bits per heavy atom. The number of hydrogen-bond donors (Lipinski definition) is 1. The van der Waals surface area contributed by atoms with Crippen LogP contribution in [-0.4, -0.2) is 63.9 Å². The molecule has 10 nitrogen and oxygen atoms in total. The van der Waals surface area contributed by atoms with Gasteiger partial charge in [0.15, 0.2) is 5.82 Å². The number of ether oxygens (including phenoxy) is 1. The second kappa shape index (κ2) is 9.94. The number of amides is 2. The second-order valence-electron chi connectivity index (χ2n) is 7.64. The number of urea groups is 1. The first-order chi connectivity index (χ1) is 15.9. The summed E-state index contributed by atoms with van der Waals surface area (Å²) in [5, 5.41) is 10.6. The van der Waals surface area contributed by atoms with Crippen LogP contribution in [0.3, 0.4) is 0 Å². The fourth-order valence-corrected chi connectivity index (χ4v) is 3.70. The Hall–Kier alpha value is -3.54. The molecule has 1 N–H and O–H groups in total. The van der Waals surface area contributed by atoms with Crippen LogP contribution in [0.15, 0.2) is 33.3 Å². The highest BCUT2D eigenvalue weighted by Crippen LogP contribution is 2.27. The number of alkyl halides is 2. The van der Waals surface area contributed by atoms with E-state index in [1.54, 1.807) is 24.0 Å². The molecule has 0 aliphatic carbocycles. The summed E-state index contributed by atoms with van der Waals surface area (Å²) in [5.74, 6) is 1.42. The summed E-state index contributed by atoms with van der Waals surface area (Å²) in [6.45, 7) is 3.40. The van der Waals surface area contributed by atoms with Gasteiger partial charge in [0.05, 0.1) is 17.9 Å². The topological polar surface area (TPSA) is 110 Å². The lowest BCUT2D eigenvalue weighted by Gasteiger charge is -2.22. The van der Waals surface area contributed by atoms with E-state index in [2.05, 4.69) is 30.3 Å². The van der Waals surface area contributed by atoms with Gasteiger partial charge in [-0.3, -0.25) is 4.90 Å². The molecule has 1 aliphatic heterocycles. The van der Waals surface area contributed by atoms with Crippen LogP contribution in [0, 0.1) is 13.8 Å². The number of rotatable bonds is 6. The van der Waals surface area contributed by atoms with Gasteiger partial charge in [-0.25, -0.2) is 4.79 Å². The van der Waals surface area contributed by atoms with Crippen molar-refractivity contribution in [1.82, 2.24) is 25.1 Å². The van der Waals surface area contributed by atoms with Gasteiger partial charge in [0.25, 0.3) is 5.89 Å². The number of aromatic nitrogens is 3. The molecule has 2 aromatic heterocycles. The highest BCUT2D eigenvalue weighted by molar-refractivity contribution is 5.91. The van der Waals surface area contributed by atoms with E-state index in [0.29, 0.717) is 54.9 Å². The molecular weight excluding hydrogens is 438 g/mol. The van der Waals surface area contributed by atoms with Crippen LogP contribution in [-0.2, 0) is 6.54 Å².